The Morgan fingerprint density at radius 2 is 0.614 bits per heavy atom. The molecule has 1 N–H and O–H groups in total. The smallest absolute Gasteiger partial charge is 0.306 e. The van der Waals surface area contributed by atoms with Crippen LogP contribution >= 0.6 is 0 Å². The molecule has 406 valence electrons. The standard InChI is InChI=1S/C65H116O5/c1-3-5-7-9-11-13-15-17-19-21-23-25-27-29-31-32-34-35-37-39-41-43-45-47-49-51-53-55-57-59-64(67)69-62-63(61-66)70-65(68)60-58-56-54-52-50-48-46-44-42-40-38-36-33-30-28-26-24-22-20-18-16-14-12-10-8-6-4-2/h6,8,12,14,18,20,24,26,30,33,38,40,63,66H,3-5,7,9-11,13,15-17,19,21-23,25,27-29,31-32,34-37,39,41-62H2,1-2H3/b8-6-,14-12-,20-18-,26-24-,33-30-,40-38-. The highest BCUT2D eigenvalue weighted by molar-refractivity contribution is 5.70. The van der Waals surface area contributed by atoms with Crippen LogP contribution < -0.4 is 0 Å². The van der Waals surface area contributed by atoms with E-state index in [4.69, 9.17) is 9.47 Å². The SMILES string of the molecule is CC/C=C\C/C=C\C/C=C\C/C=C\C/C=C\C/C=C\CCCCCCCCCCC(=O)OC(CO)COC(=O)CCCCCCCCCCCCCCCCCCCCCCCCCCCCCCC. The summed E-state index contributed by atoms with van der Waals surface area (Å²) in [5.74, 6) is -0.589. The monoisotopic (exact) mass is 977 g/mol. The van der Waals surface area contributed by atoms with Gasteiger partial charge in [0.15, 0.2) is 6.10 Å². The number of ether oxygens (including phenoxy) is 2. The minimum atomic E-state index is -0.780. The van der Waals surface area contributed by atoms with E-state index in [1.54, 1.807) is 0 Å². The first-order chi connectivity index (χ1) is 34.6. The van der Waals surface area contributed by atoms with E-state index >= 15 is 0 Å². The molecule has 70 heavy (non-hydrogen) atoms. The summed E-state index contributed by atoms with van der Waals surface area (Å²) < 4.78 is 10.7. The summed E-state index contributed by atoms with van der Waals surface area (Å²) in [4.78, 5) is 24.6. The van der Waals surface area contributed by atoms with Crippen molar-refractivity contribution in [3.05, 3.63) is 72.9 Å². The second kappa shape index (κ2) is 60.6. The van der Waals surface area contributed by atoms with E-state index in [2.05, 4.69) is 86.8 Å². The van der Waals surface area contributed by atoms with E-state index in [1.807, 2.05) is 0 Å². The number of rotatable bonds is 56. The average molecular weight is 978 g/mol. The number of unbranched alkanes of at least 4 members (excludes halogenated alkanes) is 36. The molecule has 0 saturated heterocycles. The highest BCUT2D eigenvalue weighted by Crippen LogP contribution is 2.17. The zero-order valence-corrected chi connectivity index (χ0v) is 46.5. The average Bonchev–Trinajstić information content (AvgIpc) is 3.36. The molecule has 0 aliphatic rings. The molecular weight excluding hydrogens is 861 g/mol. The van der Waals surface area contributed by atoms with Crippen LogP contribution in [0.15, 0.2) is 72.9 Å². The van der Waals surface area contributed by atoms with Crippen LogP contribution in [0.3, 0.4) is 0 Å². The lowest BCUT2D eigenvalue weighted by Gasteiger charge is -2.15. The van der Waals surface area contributed by atoms with Gasteiger partial charge in [0.05, 0.1) is 6.61 Å². The summed E-state index contributed by atoms with van der Waals surface area (Å²) in [6.07, 6.45) is 83.2. The molecule has 0 saturated carbocycles. The molecule has 0 aliphatic carbocycles. The van der Waals surface area contributed by atoms with Gasteiger partial charge in [0.2, 0.25) is 0 Å². The van der Waals surface area contributed by atoms with Crippen molar-refractivity contribution in [3.63, 3.8) is 0 Å². The normalized spacial score (nSPS) is 12.7. The maximum absolute atomic E-state index is 12.3. The lowest BCUT2D eigenvalue weighted by molar-refractivity contribution is -0.161. The molecule has 0 spiro atoms. The Labute approximate surface area is 435 Å². The van der Waals surface area contributed by atoms with E-state index in [0.717, 1.165) is 83.5 Å². The first-order valence-electron chi connectivity index (χ1n) is 30.5. The van der Waals surface area contributed by atoms with Crippen LogP contribution in [0, 0.1) is 0 Å². The Balaban J connectivity index is 3.47. The molecule has 0 aromatic rings. The molecule has 5 nitrogen and oxygen atoms in total. The van der Waals surface area contributed by atoms with Crippen molar-refractivity contribution in [1.82, 2.24) is 0 Å². The summed E-state index contributed by atoms with van der Waals surface area (Å²) in [6.45, 7) is 4.06. The van der Waals surface area contributed by atoms with Gasteiger partial charge in [-0.1, -0.05) is 305 Å². The van der Waals surface area contributed by atoms with Crippen LogP contribution in [0.1, 0.15) is 309 Å². The van der Waals surface area contributed by atoms with E-state index in [1.165, 1.54) is 199 Å². The topological polar surface area (TPSA) is 72.8 Å². The lowest BCUT2D eigenvalue weighted by atomic mass is 10.0. The van der Waals surface area contributed by atoms with Crippen molar-refractivity contribution in [2.45, 2.75) is 315 Å². The maximum atomic E-state index is 12.3. The molecule has 0 heterocycles. The molecule has 0 radical (unpaired) electrons. The zero-order valence-electron chi connectivity index (χ0n) is 46.5. The van der Waals surface area contributed by atoms with Gasteiger partial charge in [-0.3, -0.25) is 9.59 Å². The van der Waals surface area contributed by atoms with Crippen LogP contribution in [0.5, 0.6) is 0 Å². The Bertz CT molecular complexity index is 1240. The number of hydrogen-bond acceptors (Lipinski definition) is 5. The summed E-state index contributed by atoms with van der Waals surface area (Å²) >= 11 is 0. The van der Waals surface area contributed by atoms with E-state index in [-0.39, 0.29) is 25.2 Å². The fourth-order valence-electron chi connectivity index (χ4n) is 8.97. The van der Waals surface area contributed by atoms with Crippen molar-refractivity contribution in [2.75, 3.05) is 13.2 Å². The summed E-state index contributed by atoms with van der Waals surface area (Å²) in [5.41, 5.74) is 0. The number of carbonyl (C=O) groups is 2. The van der Waals surface area contributed by atoms with Crippen molar-refractivity contribution in [3.8, 4) is 0 Å². The van der Waals surface area contributed by atoms with Gasteiger partial charge in [0.1, 0.15) is 6.61 Å². The Morgan fingerprint density at radius 3 is 0.929 bits per heavy atom. The van der Waals surface area contributed by atoms with Crippen molar-refractivity contribution in [1.29, 1.82) is 0 Å². The summed E-state index contributed by atoms with van der Waals surface area (Å²) in [6, 6.07) is 0. The number of aliphatic hydroxyl groups is 1. The minimum absolute atomic E-state index is 0.0687. The molecule has 0 aliphatic heterocycles. The van der Waals surface area contributed by atoms with Gasteiger partial charge in [-0.2, -0.15) is 0 Å². The van der Waals surface area contributed by atoms with Gasteiger partial charge in [0.25, 0.3) is 0 Å². The number of allylic oxidation sites excluding steroid dienone is 12. The fourth-order valence-corrected chi connectivity index (χ4v) is 8.97. The second-order valence-corrected chi connectivity index (χ2v) is 20.4. The second-order valence-electron chi connectivity index (χ2n) is 20.4. The summed E-state index contributed by atoms with van der Waals surface area (Å²) in [7, 11) is 0. The van der Waals surface area contributed by atoms with Crippen LogP contribution in [0.4, 0.5) is 0 Å². The molecule has 1 unspecified atom stereocenters. The van der Waals surface area contributed by atoms with Crippen LogP contribution in [0.2, 0.25) is 0 Å². The van der Waals surface area contributed by atoms with Crippen LogP contribution in [0.25, 0.3) is 0 Å². The molecule has 0 aromatic carbocycles. The molecule has 0 rings (SSSR count). The highest BCUT2D eigenvalue weighted by Gasteiger charge is 2.16. The first kappa shape index (κ1) is 67.3. The maximum Gasteiger partial charge on any atom is 0.306 e. The van der Waals surface area contributed by atoms with Crippen molar-refractivity contribution >= 4 is 11.9 Å². The van der Waals surface area contributed by atoms with Gasteiger partial charge in [-0.05, 0) is 64.2 Å². The highest BCUT2D eigenvalue weighted by atomic mass is 16.6. The van der Waals surface area contributed by atoms with E-state index < -0.39 is 6.10 Å². The number of carbonyl (C=O) groups excluding carboxylic acids is 2. The fraction of sp³-hybridized carbons (Fsp3) is 0.785. The molecule has 5 heteroatoms. The molecule has 0 fully saturated rings. The number of aliphatic hydroxyl groups excluding tert-OH is 1. The third-order valence-electron chi connectivity index (χ3n) is 13.5. The first-order valence-corrected chi connectivity index (χ1v) is 30.5. The molecular formula is C65H116O5. The number of esters is 2. The van der Waals surface area contributed by atoms with E-state index in [0.29, 0.717) is 12.8 Å². The molecule has 0 bridgehead atoms. The number of hydrogen-bond donors (Lipinski definition) is 1. The third kappa shape index (κ3) is 57.9. The Morgan fingerprint density at radius 1 is 0.343 bits per heavy atom. The molecule has 0 aromatic heterocycles. The van der Waals surface area contributed by atoms with E-state index in [9.17, 15) is 14.7 Å². The Kier molecular flexibility index (Phi) is 58.3. The van der Waals surface area contributed by atoms with Gasteiger partial charge >= 0.3 is 11.9 Å². The van der Waals surface area contributed by atoms with Gasteiger partial charge in [-0.15, -0.1) is 0 Å². The van der Waals surface area contributed by atoms with Crippen LogP contribution in [-0.2, 0) is 19.1 Å². The lowest BCUT2D eigenvalue weighted by Crippen LogP contribution is -2.28. The largest absolute Gasteiger partial charge is 0.462 e. The minimum Gasteiger partial charge on any atom is -0.462 e. The predicted molar refractivity (Wildman–Crippen MR) is 306 cm³/mol. The quantitative estimate of drug-likeness (QED) is 0.0373. The van der Waals surface area contributed by atoms with Gasteiger partial charge < -0.3 is 14.6 Å². The third-order valence-corrected chi connectivity index (χ3v) is 13.5. The molecule has 1 atom stereocenters. The van der Waals surface area contributed by atoms with Crippen molar-refractivity contribution in [2.24, 2.45) is 0 Å². The zero-order chi connectivity index (χ0) is 50.6. The van der Waals surface area contributed by atoms with Crippen LogP contribution in [-0.4, -0.2) is 36.4 Å². The predicted octanol–water partition coefficient (Wildman–Crippen LogP) is 20.8. The molecule has 0 amide bonds. The van der Waals surface area contributed by atoms with Gasteiger partial charge in [-0.25, -0.2) is 0 Å². The Hall–Kier alpha value is -2.66. The summed E-state index contributed by atoms with van der Waals surface area (Å²) in [5, 5.41) is 9.67. The van der Waals surface area contributed by atoms with Gasteiger partial charge in [0, 0.05) is 12.8 Å². The van der Waals surface area contributed by atoms with Crippen molar-refractivity contribution < 1.29 is 24.2 Å².